The molecule has 2 atom stereocenters. The minimum atomic E-state index is 0.414. The van der Waals surface area contributed by atoms with Crippen LogP contribution in [0.25, 0.3) is 0 Å². The van der Waals surface area contributed by atoms with Crippen molar-refractivity contribution in [3.8, 4) is 0 Å². The topological polar surface area (TPSA) is 20.3 Å². The summed E-state index contributed by atoms with van der Waals surface area (Å²) in [5.41, 5.74) is 0. The lowest BCUT2D eigenvalue weighted by atomic mass is 9.91. The monoisotopic (exact) mass is 235 g/mol. The van der Waals surface area contributed by atoms with Crippen LogP contribution in [0.3, 0.4) is 0 Å². The van der Waals surface area contributed by atoms with Crippen molar-refractivity contribution in [2.75, 3.05) is 13.1 Å². The lowest BCUT2D eigenvalue weighted by Crippen LogP contribution is -2.45. The number of fused-ring (bicyclic) bond motifs is 1. The molecule has 0 spiro atoms. The minimum Gasteiger partial charge on any atom is -0.298 e. The van der Waals surface area contributed by atoms with Gasteiger partial charge in [-0.1, -0.05) is 19.3 Å². The van der Waals surface area contributed by atoms with Crippen LogP contribution in [0.15, 0.2) is 0 Å². The van der Waals surface area contributed by atoms with Gasteiger partial charge in [0.25, 0.3) is 0 Å². The van der Waals surface area contributed by atoms with Gasteiger partial charge >= 0.3 is 0 Å². The first-order valence-corrected chi connectivity index (χ1v) is 7.61. The number of ketones is 1. The van der Waals surface area contributed by atoms with E-state index in [1.165, 1.54) is 64.3 Å². The quantitative estimate of drug-likeness (QED) is 0.749. The molecule has 17 heavy (non-hydrogen) atoms. The Kier molecular flexibility index (Phi) is 3.51. The SMILES string of the molecule is O=C(CN1CCCC2CCCC21)C1CCCC1. The molecule has 3 rings (SSSR count). The zero-order chi connectivity index (χ0) is 11.7. The number of nitrogens with zero attached hydrogens (tertiary/aromatic N) is 1. The number of Topliss-reactive ketones (excluding diaryl/α,β-unsaturated/α-hetero) is 1. The fraction of sp³-hybridized carbons (Fsp3) is 0.933. The maximum atomic E-state index is 12.3. The fourth-order valence-electron chi connectivity index (χ4n) is 4.33. The van der Waals surface area contributed by atoms with E-state index in [0.29, 0.717) is 11.7 Å². The Morgan fingerprint density at radius 3 is 2.53 bits per heavy atom. The van der Waals surface area contributed by atoms with Crippen LogP contribution in [0.1, 0.15) is 57.8 Å². The van der Waals surface area contributed by atoms with Crippen LogP contribution >= 0.6 is 0 Å². The van der Waals surface area contributed by atoms with Crippen LogP contribution in [0, 0.1) is 11.8 Å². The van der Waals surface area contributed by atoms with E-state index in [4.69, 9.17) is 0 Å². The van der Waals surface area contributed by atoms with Crippen molar-refractivity contribution in [2.24, 2.45) is 11.8 Å². The minimum absolute atomic E-state index is 0.414. The van der Waals surface area contributed by atoms with E-state index in [9.17, 15) is 4.79 Å². The van der Waals surface area contributed by atoms with Gasteiger partial charge in [-0.2, -0.15) is 0 Å². The average Bonchev–Trinajstić information content (AvgIpc) is 3.00. The van der Waals surface area contributed by atoms with Crippen LogP contribution in [-0.4, -0.2) is 29.8 Å². The van der Waals surface area contributed by atoms with Crippen LogP contribution in [0.4, 0.5) is 0 Å². The molecule has 0 N–H and O–H groups in total. The predicted octanol–water partition coefficient (Wildman–Crippen LogP) is 3.01. The second kappa shape index (κ2) is 5.09. The summed E-state index contributed by atoms with van der Waals surface area (Å²) in [5, 5.41) is 0. The number of piperidine rings is 1. The fourth-order valence-corrected chi connectivity index (χ4v) is 4.33. The Morgan fingerprint density at radius 2 is 1.71 bits per heavy atom. The predicted molar refractivity (Wildman–Crippen MR) is 68.9 cm³/mol. The first kappa shape index (κ1) is 11.7. The van der Waals surface area contributed by atoms with Crippen LogP contribution < -0.4 is 0 Å². The van der Waals surface area contributed by atoms with E-state index in [1.54, 1.807) is 0 Å². The lowest BCUT2D eigenvalue weighted by molar-refractivity contribution is -0.125. The van der Waals surface area contributed by atoms with Gasteiger partial charge in [-0.25, -0.2) is 0 Å². The molecule has 1 saturated heterocycles. The number of hydrogen-bond acceptors (Lipinski definition) is 2. The summed E-state index contributed by atoms with van der Waals surface area (Å²) >= 11 is 0. The van der Waals surface area contributed by atoms with Gasteiger partial charge in [0.15, 0.2) is 0 Å². The molecule has 0 amide bonds. The van der Waals surface area contributed by atoms with Crippen molar-refractivity contribution in [3.05, 3.63) is 0 Å². The average molecular weight is 235 g/mol. The van der Waals surface area contributed by atoms with Gasteiger partial charge in [0.05, 0.1) is 6.54 Å². The molecule has 1 aliphatic heterocycles. The number of rotatable bonds is 3. The summed E-state index contributed by atoms with van der Waals surface area (Å²) < 4.78 is 0. The zero-order valence-corrected chi connectivity index (χ0v) is 10.9. The van der Waals surface area contributed by atoms with Crippen molar-refractivity contribution in [1.82, 2.24) is 4.90 Å². The molecule has 0 bridgehead atoms. The van der Waals surface area contributed by atoms with Gasteiger partial charge in [0.1, 0.15) is 5.78 Å². The summed E-state index contributed by atoms with van der Waals surface area (Å²) in [5.74, 6) is 1.88. The summed E-state index contributed by atoms with van der Waals surface area (Å²) in [6.45, 7) is 1.95. The number of hydrogen-bond donors (Lipinski definition) is 0. The molecule has 2 heteroatoms. The molecule has 2 aliphatic carbocycles. The maximum absolute atomic E-state index is 12.3. The number of carbonyl (C=O) groups is 1. The van der Waals surface area contributed by atoms with E-state index < -0.39 is 0 Å². The highest BCUT2D eigenvalue weighted by molar-refractivity contribution is 5.83. The van der Waals surface area contributed by atoms with Crippen molar-refractivity contribution < 1.29 is 4.79 Å². The van der Waals surface area contributed by atoms with E-state index in [-0.39, 0.29) is 0 Å². The van der Waals surface area contributed by atoms with Gasteiger partial charge < -0.3 is 0 Å². The molecule has 1 heterocycles. The first-order valence-electron chi connectivity index (χ1n) is 7.61. The van der Waals surface area contributed by atoms with Crippen molar-refractivity contribution in [3.63, 3.8) is 0 Å². The highest BCUT2D eigenvalue weighted by Gasteiger charge is 2.36. The molecule has 0 aromatic heterocycles. The van der Waals surface area contributed by atoms with Gasteiger partial charge in [-0.3, -0.25) is 9.69 Å². The largest absolute Gasteiger partial charge is 0.298 e. The van der Waals surface area contributed by atoms with Crippen molar-refractivity contribution in [1.29, 1.82) is 0 Å². The van der Waals surface area contributed by atoms with Gasteiger partial charge in [-0.05, 0) is 51.0 Å². The zero-order valence-electron chi connectivity index (χ0n) is 10.9. The highest BCUT2D eigenvalue weighted by Crippen LogP contribution is 2.37. The van der Waals surface area contributed by atoms with Gasteiger partial charge in [-0.15, -0.1) is 0 Å². The summed E-state index contributed by atoms with van der Waals surface area (Å²) in [4.78, 5) is 14.8. The third-order valence-electron chi connectivity index (χ3n) is 5.28. The molecule has 0 aromatic carbocycles. The van der Waals surface area contributed by atoms with Crippen LogP contribution in [0.2, 0.25) is 0 Å². The molecule has 3 fully saturated rings. The second-order valence-electron chi connectivity index (χ2n) is 6.32. The lowest BCUT2D eigenvalue weighted by Gasteiger charge is -2.37. The Labute approximate surface area is 105 Å². The Morgan fingerprint density at radius 1 is 0.941 bits per heavy atom. The normalized spacial score (nSPS) is 35.1. The number of likely N-dealkylation sites (tertiary alicyclic amines) is 1. The van der Waals surface area contributed by atoms with Crippen LogP contribution in [-0.2, 0) is 4.79 Å². The molecule has 2 nitrogen and oxygen atoms in total. The Balaban J connectivity index is 1.58. The van der Waals surface area contributed by atoms with Gasteiger partial charge in [0, 0.05) is 12.0 Å². The standard InChI is InChI=1S/C15H25NO/c17-15(13-5-1-2-6-13)11-16-10-4-8-12-7-3-9-14(12)16/h12-14H,1-11H2. The van der Waals surface area contributed by atoms with E-state index in [2.05, 4.69) is 4.90 Å². The van der Waals surface area contributed by atoms with Gasteiger partial charge in [0.2, 0.25) is 0 Å². The van der Waals surface area contributed by atoms with Crippen LogP contribution in [0.5, 0.6) is 0 Å². The van der Waals surface area contributed by atoms with E-state index >= 15 is 0 Å². The van der Waals surface area contributed by atoms with Crippen molar-refractivity contribution >= 4 is 5.78 Å². The second-order valence-corrected chi connectivity index (χ2v) is 6.32. The molecule has 0 aromatic rings. The Bertz CT molecular complexity index is 283. The Hall–Kier alpha value is -0.370. The molecule has 96 valence electrons. The molecular weight excluding hydrogens is 210 g/mol. The molecule has 3 aliphatic rings. The van der Waals surface area contributed by atoms with Crippen molar-refractivity contribution in [2.45, 2.75) is 63.8 Å². The molecule has 2 saturated carbocycles. The third-order valence-corrected chi connectivity index (χ3v) is 5.28. The summed E-state index contributed by atoms with van der Waals surface area (Å²) in [7, 11) is 0. The summed E-state index contributed by atoms with van der Waals surface area (Å²) in [6, 6.07) is 0.758. The maximum Gasteiger partial charge on any atom is 0.149 e. The number of carbonyl (C=O) groups excluding carboxylic acids is 1. The third kappa shape index (κ3) is 2.42. The smallest absolute Gasteiger partial charge is 0.149 e. The van der Waals surface area contributed by atoms with E-state index in [1.807, 2.05) is 0 Å². The molecule has 2 unspecified atom stereocenters. The summed E-state index contributed by atoms with van der Waals surface area (Å²) in [6.07, 6.45) is 11.8. The molecular formula is C15H25NO. The molecule has 0 radical (unpaired) electrons. The first-order chi connectivity index (χ1) is 8.34. The highest BCUT2D eigenvalue weighted by atomic mass is 16.1. The van der Waals surface area contributed by atoms with E-state index in [0.717, 1.165) is 18.5 Å².